The Hall–Kier alpha value is -1.73. The van der Waals surface area contributed by atoms with Crippen LogP contribution in [0.1, 0.15) is 19.3 Å². The molecule has 7 heteroatoms. The lowest BCUT2D eigenvalue weighted by Crippen LogP contribution is -2.39. The van der Waals surface area contributed by atoms with Crippen molar-refractivity contribution in [1.29, 1.82) is 0 Å². The van der Waals surface area contributed by atoms with Crippen molar-refractivity contribution in [2.45, 2.75) is 25.4 Å². The van der Waals surface area contributed by atoms with Gasteiger partial charge in [-0.15, -0.1) is 0 Å². The first kappa shape index (κ1) is 14.2. The quantitative estimate of drug-likeness (QED) is 0.840. The van der Waals surface area contributed by atoms with Gasteiger partial charge in [-0.1, -0.05) is 6.42 Å². The second-order valence-electron chi connectivity index (χ2n) is 5.62. The SMILES string of the molecule is Cn1ncc2c(NCC(O)CN3CCCCC3)ncnc21. The first-order valence-electron chi connectivity index (χ1n) is 7.51. The van der Waals surface area contributed by atoms with Crippen LogP contribution < -0.4 is 5.32 Å². The molecule has 0 saturated carbocycles. The first-order valence-corrected chi connectivity index (χ1v) is 7.51. The summed E-state index contributed by atoms with van der Waals surface area (Å²) in [6, 6.07) is 0. The minimum absolute atomic E-state index is 0.398. The maximum Gasteiger partial charge on any atom is 0.163 e. The minimum atomic E-state index is -0.398. The molecule has 21 heavy (non-hydrogen) atoms. The average Bonchev–Trinajstić information content (AvgIpc) is 2.88. The summed E-state index contributed by atoms with van der Waals surface area (Å²) in [7, 11) is 1.85. The lowest BCUT2D eigenvalue weighted by atomic mass is 10.1. The van der Waals surface area contributed by atoms with Crippen LogP contribution in [0.4, 0.5) is 5.82 Å². The third kappa shape index (κ3) is 3.30. The van der Waals surface area contributed by atoms with Gasteiger partial charge in [0.1, 0.15) is 12.1 Å². The Morgan fingerprint density at radius 1 is 1.29 bits per heavy atom. The predicted octanol–water partition coefficient (Wildman–Crippen LogP) is 0.622. The molecule has 114 valence electrons. The molecule has 1 fully saturated rings. The predicted molar refractivity (Wildman–Crippen MR) is 81.1 cm³/mol. The van der Waals surface area contributed by atoms with Crippen LogP contribution >= 0.6 is 0 Å². The molecular weight excluding hydrogens is 268 g/mol. The summed E-state index contributed by atoms with van der Waals surface area (Å²) >= 11 is 0. The Labute approximate surface area is 124 Å². The van der Waals surface area contributed by atoms with E-state index in [1.807, 2.05) is 7.05 Å². The highest BCUT2D eigenvalue weighted by Crippen LogP contribution is 2.17. The number of aliphatic hydroxyl groups is 1. The van der Waals surface area contributed by atoms with E-state index in [1.54, 1.807) is 10.9 Å². The third-order valence-corrected chi connectivity index (χ3v) is 3.95. The number of nitrogens with zero attached hydrogens (tertiary/aromatic N) is 5. The van der Waals surface area contributed by atoms with Crippen molar-refractivity contribution < 1.29 is 5.11 Å². The van der Waals surface area contributed by atoms with Gasteiger partial charge in [0.15, 0.2) is 5.65 Å². The molecule has 1 unspecified atom stereocenters. The highest BCUT2D eigenvalue weighted by Gasteiger charge is 2.15. The fourth-order valence-corrected chi connectivity index (χ4v) is 2.82. The smallest absolute Gasteiger partial charge is 0.163 e. The van der Waals surface area contributed by atoms with E-state index < -0.39 is 6.10 Å². The van der Waals surface area contributed by atoms with Crippen LogP contribution in [0.3, 0.4) is 0 Å². The lowest BCUT2D eigenvalue weighted by molar-refractivity contribution is 0.109. The maximum absolute atomic E-state index is 10.2. The van der Waals surface area contributed by atoms with E-state index >= 15 is 0 Å². The summed E-state index contributed by atoms with van der Waals surface area (Å²) in [4.78, 5) is 10.8. The molecule has 2 aromatic heterocycles. The summed E-state index contributed by atoms with van der Waals surface area (Å²) in [6.07, 6.45) is 6.65. The zero-order chi connectivity index (χ0) is 14.7. The molecule has 0 aromatic carbocycles. The number of aliphatic hydroxyl groups excluding tert-OH is 1. The molecule has 0 radical (unpaired) electrons. The number of aryl methyl sites for hydroxylation is 1. The molecule has 0 amide bonds. The van der Waals surface area contributed by atoms with Crippen molar-refractivity contribution in [3.8, 4) is 0 Å². The topological polar surface area (TPSA) is 79.1 Å². The minimum Gasteiger partial charge on any atom is -0.390 e. The van der Waals surface area contributed by atoms with Crippen molar-refractivity contribution in [3.63, 3.8) is 0 Å². The van der Waals surface area contributed by atoms with Crippen molar-refractivity contribution >= 4 is 16.9 Å². The molecule has 1 aliphatic rings. The monoisotopic (exact) mass is 290 g/mol. The van der Waals surface area contributed by atoms with Crippen LogP contribution in [0.15, 0.2) is 12.5 Å². The van der Waals surface area contributed by atoms with E-state index in [0.717, 1.165) is 29.9 Å². The molecule has 0 bridgehead atoms. The van der Waals surface area contributed by atoms with Crippen molar-refractivity contribution in [3.05, 3.63) is 12.5 Å². The number of rotatable bonds is 5. The van der Waals surface area contributed by atoms with Gasteiger partial charge >= 0.3 is 0 Å². The van der Waals surface area contributed by atoms with Gasteiger partial charge in [-0.05, 0) is 25.9 Å². The molecule has 3 rings (SSSR count). The summed E-state index contributed by atoms with van der Waals surface area (Å²) < 4.78 is 1.71. The van der Waals surface area contributed by atoms with Crippen molar-refractivity contribution in [2.24, 2.45) is 7.05 Å². The Bertz CT molecular complexity index is 592. The van der Waals surface area contributed by atoms with Crippen molar-refractivity contribution in [1.82, 2.24) is 24.6 Å². The Morgan fingerprint density at radius 2 is 2.10 bits per heavy atom. The zero-order valence-electron chi connectivity index (χ0n) is 12.4. The fraction of sp³-hybridized carbons (Fsp3) is 0.643. The normalized spacial score (nSPS) is 18.0. The van der Waals surface area contributed by atoms with Crippen LogP contribution in [-0.2, 0) is 7.05 Å². The van der Waals surface area contributed by atoms with E-state index in [4.69, 9.17) is 0 Å². The number of fused-ring (bicyclic) bond motifs is 1. The highest BCUT2D eigenvalue weighted by atomic mass is 16.3. The van der Waals surface area contributed by atoms with Crippen molar-refractivity contribution in [2.75, 3.05) is 31.5 Å². The molecule has 3 heterocycles. The lowest BCUT2D eigenvalue weighted by Gasteiger charge is -2.28. The van der Waals surface area contributed by atoms with E-state index in [2.05, 4.69) is 25.3 Å². The van der Waals surface area contributed by atoms with Gasteiger partial charge in [-0.2, -0.15) is 5.10 Å². The van der Waals surface area contributed by atoms with E-state index in [0.29, 0.717) is 13.1 Å². The van der Waals surface area contributed by atoms with E-state index in [-0.39, 0.29) is 0 Å². The van der Waals surface area contributed by atoms with Crippen LogP contribution in [0.25, 0.3) is 11.0 Å². The highest BCUT2D eigenvalue weighted by molar-refractivity contribution is 5.85. The third-order valence-electron chi connectivity index (χ3n) is 3.95. The van der Waals surface area contributed by atoms with Gasteiger partial charge in [0.2, 0.25) is 0 Å². The van der Waals surface area contributed by atoms with E-state index in [1.165, 1.54) is 25.6 Å². The number of piperidine rings is 1. The van der Waals surface area contributed by atoms with Gasteiger partial charge in [0.05, 0.1) is 17.7 Å². The van der Waals surface area contributed by atoms with Gasteiger partial charge in [-0.3, -0.25) is 4.68 Å². The average molecular weight is 290 g/mol. The second kappa shape index (κ2) is 6.36. The van der Waals surface area contributed by atoms with Crippen LogP contribution in [0.5, 0.6) is 0 Å². The fourth-order valence-electron chi connectivity index (χ4n) is 2.82. The van der Waals surface area contributed by atoms with Gasteiger partial charge < -0.3 is 15.3 Å². The number of hydrogen-bond acceptors (Lipinski definition) is 6. The number of likely N-dealkylation sites (tertiary alicyclic amines) is 1. The molecule has 1 aliphatic heterocycles. The molecule has 2 aromatic rings. The van der Waals surface area contributed by atoms with Crippen LogP contribution in [0.2, 0.25) is 0 Å². The number of β-amino-alcohol motifs (C(OH)–C–C–N with tert-alkyl or cyclic N) is 1. The van der Waals surface area contributed by atoms with Crippen LogP contribution in [0, 0.1) is 0 Å². The van der Waals surface area contributed by atoms with Gasteiger partial charge in [0, 0.05) is 20.1 Å². The summed E-state index contributed by atoms with van der Waals surface area (Å²) in [6.45, 7) is 3.39. The molecule has 0 spiro atoms. The maximum atomic E-state index is 10.2. The number of aromatic nitrogens is 4. The summed E-state index contributed by atoms with van der Waals surface area (Å²) in [5.41, 5.74) is 0.790. The summed E-state index contributed by atoms with van der Waals surface area (Å²) in [5.74, 6) is 0.728. The molecular formula is C14H22N6O. The Kier molecular flexibility index (Phi) is 4.31. The number of nitrogens with one attached hydrogen (secondary N) is 1. The second-order valence-corrected chi connectivity index (χ2v) is 5.62. The summed E-state index contributed by atoms with van der Waals surface area (Å²) in [5, 5.41) is 18.4. The number of hydrogen-bond donors (Lipinski definition) is 2. The molecule has 7 nitrogen and oxygen atoms in total. The Balaban J connectivity index is 1.58. The Morgan fingerprint density at radius 3 is 2.90 bits per heavy atom. The number of anilines is 1. The van der Waals surface area contributed by atoms with Gasteiger partial charge in [0.25, 0.3) is 0 Å². The molecule has 2 N–H and O–H groups in total. The zero-order valence-corrected chi connectivity index (χ0v) is 12.4. The molecule has 0 aliphatic carbocycles. The van der Waals surface area contributed by atoms with E-state index in [9.17, 15) is 5.11 Å². The first-order chi connectivity index (χ1) is 10.2. The standard InChI is InChI=1S/C14H22N6O/c1-19-14-12(8-18-19)13(16-10-17-14)15-7-11(21)9-20-5-3-2-4-6-20/h8,10-11,21H,2-7,9H2,1H3,(H,15,16,17). The van der Waals surface area contributed by atoms with Crippen LogP contribution in [-0.4, -0.2) is 62.0 Å². The van der Waals surface area contributed by atoms with Gasteiger partial charge in [-0.25, -0.2) is 9.97 Å². The molecule has 1 saturated heterocycles. The molecule has 1 atom stereocenters. The largest absolute Gasteiger partial charge is 0.390 e.